The molecule has 2 amide bonds. The average Bonchev–Trinajstić information content (AvgIpc) is 3.63. The van der Waals surface area contributed by atoms with Crippen LogP contribution in [0.4, 0.5) is 27.5 Å². The van der Waals surface area contributed by atoms with Crippen molar-refractivity contribution >= 4 is 28.8 Å². The van der Waals surface area contributed by atoms with Gasteiger partial charge in [0.05, 0.1) is 23.8 Å². The number of carbonyl (C=O) groups is 1. The van der Waals surface area contributed by atoms with Gasteiger partial charge in [0.2, 0.25) is 5.88 Å². The molecule has 5 rings (SSSR count). The van der Waals surface area contributed by atoms with Gasteiger partial charge in [0.15, 0.2) is 0 Å². The van der Waals surface area contributed by atoms with E-state index in [1.165, 1.54) is 12.8 Å². The Morgan fingerprint density at radius 2 is 1.77 bits per heavy atom. The van der Waals surface area contributed by atoms with Crippen LogP contribution in [0.15, 0.2) is 55.0 Å². The minimum Gasteiger partial charge on any atom is -0.474 e. The molecule has 0 spiro atoms. The third-order valence-corrected chi connectivity index (χ3v) is 6.88. The topological polar surface area (TPSA) is 87.6 Å². The van der Waals surface area contributed by atoms with Crippen molar-refractivity contribution in [2.24, 2.45) is 7.05 Å². The van der Waals surface area contributed by atoms with Gasteiger partial charge in [0.1, 0.15) is 6.10 Å². The molecule has 1 atom stereocenters. The highest BCUT2D eigenvalue weighted by atomic mass is 16.5. The highest BCUT2D eigenvalue weighted by molar-refractivity contribution is 5.99. The number of rotatable bonds is 7. The molecule has 0 radical (unpaired) electrons. The fourth-order valence-corrected chi connectivity index (χ4v) is 4.84. The van der Waals surface area contributed by atoms with E-state index in [9.17, 15) is 4.79 Å². The summed E-state index contributed by atoms with van der Waals surface area (Å²) in [6.07, 6.45) is 11.5. The van der Waals surface area contributed by atoms with Gasteiger partial charge in [-0.2, -0.15) is 5.10 Å². The van der Waals surface area contributed by atoms with Gasteiger partial charge in [-0.25, -0.2) is 9.78 Å². The van der Waals surface area contributed by atoms with Gasteiger partial charge in [0, 0.05) is 56.9 Å². The minimum absolute atomic E-state index is 0.265. The Balaban J connectivity index is 1.10. The van der Waals surface area contributed by atoms with Gasteiger partial charge in [-0.15, -0.1) is 0 Å². The second kappa shape index (κ2) is 10.2. The number of aryl methyl sites for hydroxylation is 1. The van der Waals surface area contributed by atoms with E-state index in [4.69, 9.17) is 4.74 Å². The first kappa shape index (κ1) is 23.0. The molecule has 2 aromatic heterocycles. The molecule has 184 valence electrons. The smallest absolute Gasteiger partial charge is 0.323 e. The van der Waals surface area contributed by atoms with Gasteiger partial charge in [0.25, 0.3) is 0 Å². The summed E-state index contributed by atoms with van der Waals surface area (Å²) in [5, 5.41) is 9.99. The van der Waals surface area contributed by atoms with Crippen LogP contribution in [0.5, 0.6) is 5.88 Å². The maximum Gasteiger partial charge on any atom is 0.323 e. The molecule has 1 aliphatic heterocycles. The number of urea groups is 1. The molecular weight excluding hydrogens is 442 g/mol. The SMILES string of the molecule is CN(c1cnn(C)c1)C1CCN(c2ccc(NC(=O)Nc3ccc(OC4CCCC4)nc3)cc2)C1. The lowest BCUT2D eigenvalue weighted by Gasteiger charge is -2.26. The maximum absolute atomic E-state index is 12.4. The van der Waals surface area contributed by atoms with Crippen LogP contribution in [0, 0.1) is 0 Å². The number of carbonyl (C=O) groups excluding carboxylic acids is 1. The van der Waals surface area contributed by atoms with Crippen molar-refractivity contribution < 1.29 is 9.53 Å². The molecule has 1 saturated heterocycles. The van der Waals surface area contributed by atoms with Crippen LogP contribution in [0.3, 0.4) is 0 Å². The molecule has 0 bridgehead atoms. The van der Waals surface area contributed by atoms with Gasteiger partial charge in [-0.05, 0) is 62.4 Å². The van der Waals surface area contributed by atoms with Crippen molar-refractivity contribution in [2.45, 2.75) is 44.2 Å². The largest absolute Gasteiger partial charge is 0.474 e. The zero-order valence-electron chi connectivity index (χ0n) is 20.4. The number of likely N-dealkylation sites (N-methyl/N-ethyl adjacent to an activating group) is 1. The van der Waals surface area contributed by atoms with Gasteiger partial charge < -0.3 is 25.2 Å². The van der Waals surface area contributed by atoms with Crippen LogP contribution in [0.1, 0.15) is 32.1 Å². The lowest BCUT2D eigenvalue weighted by Crippen LogP contribution is -2.34. The van der Waals surface area contributed by atoms with Crippen LogP contribution in [0.2, 0.25) is 0 Å². The van der Waals surface area contributed by atoms with E-state index < -0.39 is 0 Å². The number of nitrogens with one attached hydrogen (secondary N) is 2. The van der Waals surface area contributed by atoms with Crippen molar-refractivity contribution in [3.05, 3.63) is 55.0 Å². The van der Waals surface area contributed by atoms with Crippen molar-refractivity contribution in [1.82, 2.24) is 14.8 Å². The second-order valence-corrected chi connectivity index (χ2v) is 9.41. The first-order valence-corrected chi connectivity index (χ1v) is 12.3. The number of amides is 2. The molecule has 2 N–H and O–H groups in total. The Bertz CT molecular complexity index is 1120. The normalized spacial score (nSPS) is 18.0. The monoisotopic (exact) mass is 475 g/mol. The molecule has 3 aromatic rings. The zero-order chi connectivity index (χ0) is 24.2. The van der Waals surface area contributed by atoms with Crippen molar-refractivity contribution in [3.63, 3.8) is 0 Å². The van der Waals surface area contributed by atoms with E-state index in [-0.39, 0.29) is 12.1 Å². The highest BCUT2D eigenvalue weighted by Crippen LogP contribution is 2.27. The quantitative estimate of drug-likeness (QED) is 0.523. The molecular formula is C26H33N7O2. The van der Waals surface area contributed by atoms with Crippen LogP contribution < -0.4 is 25.2 Å². The number of pyridine rings is 1. The predicted molar refractivity (Wildman–Crippen MR) is 138 cm³/mol. The first-order chi connectivity index (χ1) is 17.0. The van der Waals surface area contributed by atoms with E-state index in [0.717, 1.165) is 49.4 Å². The third kappa shape index (κ3) is 5.67. The lowest BCUT2D eigenvalue weighted by molar-refractivity contribution is 0.201. The predicted octanol–water partition coefficient (Wildman–Crippen LogP) is 4.50. The Morgan fingerprint density at radius 1 is 1.03 bits per heavy atom. The summed E-state index contributed by atoms with van der Waals surface area (Å²) >= 11 is 0. The summed E-state index contributed by atoms with van der Waals surface area (Å²) < 4.78 is 7.71. The van der Waals surface area contributed by atoms with Crippen LogP contribution in [-0.4, -0.2) is 53.1 Å². The third-order valence-electron chi connectivity index (χ3n) is 6.88. The van der Waals surface area contributed by atoms with Crippen LogP contribution >= 0.6 is 0 Å². The first-order valence-electron chi connectivity index (χ1n) is 12.3. The molecule has 9 nitrogen and oxygen atoms in total. The van der Waals surface area contributed by atoms with Gasteiger partial charge >= 0.3 is 6.03 Å². The molecule has 9 heteroatoms. The Hall–Kier alpha value is -3.75. The van der Waals surface area contributed by atoms with Crippen LogP contribution in [0.25, 0.3) is 0 Å². The number of ether oxygens (including phenoxy) is 1. The summed E-state index contributed by atoms with van der Waals surface area (Å²) in [5.41, 5.74) is 3.65. The van der Waals surface area contributed by atoms with E-state index in [0.29, 0.717) is 17.6 Å². The Morgan fingerprint density at radius 3 is 2.46 bits per heavy atom. The van der Waals surface area contributed by atoms with E-state index in [1.54, 1.807) is 12.3 Å². The van der Waals surface area contributed by atoms with Crippen LogP contribution in [-0.2, 0) is 7.05 Å². The molecule has 2 aliphatic rings. The van der Waals surface area contributed by atoms with E-state index in [2.05, 4.69) is 49.7 Å². The lowest BCUT2D eigenvalue weighted by atomic mass is 10.2. The molecule has 1 aromatic carbocycles. The molecule has 1 unspecified atom stereocenters. The second-order valence-electron chi connectivity index (χ2n) is 9.41. The zero-order valence-corrected chi connectivity index (χ0v) is 20.4. The van der Waals surface area contributed by atoms with Crippen molar-refractivity contribution in [1.29, 1.82) is 0 Å². The molecule has 3 heterocycles. The summed E-state index contributed by atoms with van der Waals surface area (Å²) in [5.74, 6) is 0.606. The van der Waals surface area contributed by atoms with E-state index >= 15 is 0 Å². The number of anilines is 4. The summed E-state index contributed by atoms with van der Waals surface area (Å²) in [6, 6.07) is 11.7. The summed E-state index contributed by atoms with van der Waals surface area (Å²) in [6.45, 7) is 1.95. The number of hydrogen-bond acceptors (Lipinski definition) is 6. The van der Waals surface area contributed by atoms with E-state index in [1.807, 2.05) is 42.3 Å². The number of hydrogen-bond donors (Lipinski definition) is 2. The number of benzene rings is 1. The number of aromatic nitrogens is 3. The van der Waals surface area contributed by atoms with Gasteiger partial charge in [-0.1, -0.05) is 0 Å². The highest BCUT2D eigenvalue weighted by Gasteiger charge is 2.26. The maximum atomic E-state index is 12.4. The molecule has 2 fully saturated rings. The Labute approximate surface area is 206 Å². The van der Waals surface area contributed by atoms with Crippen molar-refractivity contribution in [2.75, 3.05) is 40.6 Å². The fraction of sp³-hybridized carbons (Fsp3) is 0.423. The summed E-state index contributed by atoms with van der Waals surface area (Å²) in [4.78, 5) is 21.4. The molecule has 1 saturated carbocycles. The molecule has 1 aliphatic carbocycles. The van der Waals surface area contributed by atoms with Gasteiger partial charge in [-0.3, -0.25) is 4.68 Å². The molecule has 35 heavy (non-hydrogen) atoms. The minimum atomic E-state index is -0.302. The fourth-order valence-electron chi connectivity index (χ4n) is 4.84. The number of nitrogens with zero attached hydrogens (tertiary/aromatic N) is 5. The summed E-state index contributed by atoms with van der Waals surface area (Å²) in [7, 11) is 4.07. The average molecular weight is 476 g/mol. The Kier molecular flexibility index (Phi) is 6.74. The van der Waals surface area contributed by atoms with Crippen molar-refractivity contribution in [3.8, 4) is 5.88 Å². The standard InChI is InChI=1S/C26H33N7O2/c1-31-17-23(16-28-31)32(2)22-13-14-33(18-22)21-10-7-19(8-11-21)29-26(34)30-20-9-12-25(27-15-20)35-24-5-3-4-6-24/h7-12,15-17,22,24H,3-6,13-14,18H2,1-2H3,(H2,29,30,34).